The van der Waals surface area contributed by atoms with Crippen LogP contribution in [0.5, 0.6) is 0 Å². The molecular weight excluding hydrogens is 395 g/mol. The van der Waals surface area contributed by atoms with Crippen molar-refractivity contribution in [2.24, 2.45) is 5.92 Å². The Labute approximate surface area is 171 Å². The number of hydrogen-bond donors (Lipinski definition) is 4. The normalized spacial score (nSPS) is 21.2. The molecule has 4 N–H and O–H groups in total. The molecule has 0 radical (unpaired) electrons. The maximum Gasteiger partial charge on any atom is 0.223 e. The first-order valence-electron chi connectivity index (χ1n) is 9.51. The second-order valence-corrected chi connectivity index (χ2v) is 8.56. The van der Waals surface area contributed by atoms with E-state index in [9.17, 15) is 23.6 Å². The molecule has 0 bridgehead atoms. The number of halogens is 1. The highest BCUT2D eigenvalue weighted by Crippen LogP contribution is 2.31. The van der Waals surface area contributed by atoms with Crippen molar-refractivity contribution in [3.05, 3.63) is 65.5 Å². The van der Waals surface area contributed by atoms with Crippen LogP contribution >= 0.6 is 0 Å². The fourth-order valence-electron chi connectivity index (χ4n) is 3.49. The minimum absolute atomic E-state index is 0.0133. The smallest absolute Gasteiger partial charge is 0.223 e. The summed E-state index contributed by atoms with van der Waals surface area (Å²) in [6, 6.07) is 12.8. The van der Waals surface area contributed by atoms with E-state index in [-0.39, 0.29) is 23.8 Å². The molecule has 1 amide bonds. The minimum atomic E-state index is -1.79. The van der Waals surface area contributed by atoms with Crippen molar-refractivity contribution >= 4 is 16.9 Å². The largest absolute Gasteiger partial charge is 0.392 e. The summed E-state index contributed by atoms with van der Waals surface area (Å²) in [5.74, 6) is -1.38. The fourth-order valence-corrected chi connectivity index (χ4v) is 4.43. The summed E-state index contributed by atoms with van der Waals surface area (Å²) in [6.45, 7) is 1.63. The lowest BCUT2D eigenvalue weighted by molar-refractivity contribution is -0.127. The second-order valence-electron chi connectivity index (χ2n) is 7.29. The Kier molecular flexibility index (Phi) is 7.13. The van der Waals surface area contributed by atoms with Crippen LogP contribution in [0.4, 0.5) is 4.39 Å². The Balaban J connectivity index is 1.49. The fraction of sp³-hybridized carbons (Fsp3) is 0.381. The zero-order chi connectivity index (χ0) is 21.0. The van der Waals surface area contributed by atoms with Crippen LogP contribution in [0.3, 0.4) is 0 Å². The molecule has 0 fully saturated rings. The number of carbonyl (C=O) groups is 1. The molecule has 156 valence electrons. The molecule has 8 heteroatoms. The van der Waals surface area contributed by atoms with Crippen LogP contribution in [0, 0.1) is 11.7 Å². The molecule has 0 aliphatic heterocycles. The lowest BCUT2D eigenvalue weighted by Gasteiger charge is -2.22. The number of rotatable bonds is 8. The van der Waals surface area contributed by atoms with Gasteiger partial charge in [0.15, 0.2) is 0 Å². The molecule has 2 aromatic rings. The summed E-state index contributed by atoms with van der Waals surface area (Å²) in [6.07, 6.45) is -0.993. The third-order valence-corrected chi connectivity index (χ3v) is 6.22. The third kappa shape index (κ3) is 5.27. The Bertz CT molecular complexity index is 894. The quantitative estimate of drug-likeness (QED) is 0.521. The number of fused-ring (bicyclic) bond motifs is 1. The number of aliphatic hydroxyl groups excluding tert-OH is 2. The molecule has 5 atom stereocenters. The molecule has 0 saturated carbocycles. The lowest BCUT2D eigenvalue weighted by Crippen LogP contribution is -2.39. The first-order chi connectivity index (χ1) is 13.9. The SMILES string of the molecule is CC(CC(O)CNS(=O)c1ccccc1F)C(=O)NC1c2ccccc2CC1O. The first kappa shape index (κ1) is 21.6. The summed E-state index contributed by atoms with van der Waals surface area (Å²) in [5.41, 5.74) is 1.92. The van der Waals surface area contributed by atoms with Crippen LogP contribution in [0.1, 0.15) is 30.5 Å². The van der Waals surface area contributed by atoms with E-state index in [0.29, 0.717) is 6.42 Å². The zero-order valence-corrected chi connectivity index (χ0v) is 16.9. The molecule has 0 saturated heterocycles. The molecule has 5 unspecified atom stereocenters. The number of benzene rings is 2. The highest BCUT2D eigenvalue weighted by molar-refractivity contribution is 7.83. The van der Waals surface area contributed by atoms with Crippen molar-refractivity contribution in [2.75, 3.05) is 6.54 Å². The van der Waals surface area contributed by atoms with E-state index in [1.165, 1.54) is 18.2 Å². The van der Waals surface area contributed by atoms with Crippen LogP contribution in [0.2, 0.25) is 0 Å². The maximum absolute atomic E-state index is 13.6. The van der Waals surface area contributed by atoms with E-state index in [4.69, 9.17) is 0 Å². The van der Waals surface area contributed by atoms with Crippen LogP contribution in [0.25, 0.3) is 0 Å². The van der Waals surface area contributed by atoms with Crippen LogP contribution in [-0.4, -0.2) is 39.1 Å². The van der Waals surface area contributed by atoms with Gasteiger partial charge < -0.3 is 15.5 Å². The molecule has 3 rings (SSSR count). The average Bonchev–Trinajstić information content (AvgIpc) is 3.01. The van der Waals surface area contributed by atoms with E-state index in [1.54, 1.807) is 13.0 Å². The predicted octanol–water partition coefficient (Wildman–Crippen LogP) is 1.60. The Morgan fingerprint density at radius 2 is 1.93 bits per heavy atom. The highest BCUT2D eigenvalue weighted by Gasteiger charge is 2.33. The van der Waals surface area contributed by atoms with E-state index in [2.05, 4.69) is 10.0 Å². The first-order valence-corrected chi connectivity index (χ1v) is 10.7. The van der Waals surface area contributed by atoms with Crippen LogP contribution in [-0.2, 0) is 22.2 Å². The van der Waals surface area contributed by atoms with Crippen molar-refractivity contribution in [3.63, 3.8) is 0 Å². The van der Waals surface area contributed by atoms with Gasteiger partial charge in [0, 0.05) is 18.9 Å². The van der Waals surface area contributed by atoms with Gasteiger partial charge in [-0.3, -0.25) is 4.79 Å². The highest BCUT2D eigenvalue weighted by atomic mass is 32.2. The molecule has 29 heavy (non-hydrogen) atoms. The van der Waals surface area contributed by atoms with E-state index < -0.39 is 41.0 Å². The van der Waals surface area contributed by atoms with Crippen molar-refractivity contribution in [2.45, 2.75) is 42.9 Å². The summed E-state index contributed by atoms with van der Waals surface area (Å²) < 4.78 is 28.3. The number of amides is 1. The van der Waals surface area contributed by atoms with Gasteiger partial charge in [0.1, 0.15) is 16.8 Å². The second kappa shape index (κ2) is 9.58. The summed E-state index contributed by atoms with van der Waals surface area (Å²) in [5, 5.41) is 23.3. The molecule has 0 spiro atoms. The third-order valence-electron chi connectivity index (χ3n) is 5.06. The number of aliphatic hydroxyl groups is 2. The lowest BCUT2D eigenvalue weighted by atomic mass is 10.0. The van der Waals surface area contributed by atoms with Gasteiger partial charge >= 0.3 is 0 Å². The van der Waals surface area contributed by atoms with Crippen molar-refractivity contribution in [3.8, 4) is 0 Å². The van der Waals surface area contributed by atoms with Gasteiger partial charge in [-0.2, -0.15) is 0 Å². The molecule has 6 nitrogen and oxygen atoms in total. The molecule has 1 aliphatic carbocycles. The van der Waals surface area contributed by atoms with Crippen molar-refractivity contribution in [1.29, 1.82) is 0 Å². The molecule has 2 aromatic carbocycles. The van der Waals surface area contributed by atoms with Gasteiger partial charge in [0.25, 0.3) is 0 Å². The van der Waals surface area contributed by atoms with E-state index in [1.807, 2.05) is 24.3 Å². The summed E-state index contributed by atoms with van der Waals surface area (Å²) >= 11 is 0. The zero-order valence-electron chi connectivity index (χ0n) is 16.0. The molecule has 0 heterocycles. The Morgan fingerprint density at radius 1 is 1.24 bits per heavy atom. The average molecular weight is 421 g/mol. The van der Waals surface area contributed by atoms with Crippen molar-refractivity contribution < 1.29 is 23.6 Å². The van der Waals surface area contributed by atoms with Crippen LogP contribution < -0.4 is 10.0 Å². The van der Waals surface area contributed by atoms with Crippen LogP contribution in [0.15, 0.2) is 53.4 Å². The number of nitrogens with one attached hydrogen (secondary N) is 2. The molecular formula is C21H25FN2O4S. The Morgan fingerprint density at radius 3 is 2.69 bits per heavy atom. The van der Waals surface area contributed by atoms with Gasteiger partial charge in [0.2, 0.25) is 5.91 Å². The van der Waals surface area contributed by atoms with Crippen molar-refractivity contribution in [1.82, 2.24) is 10.0 Å². The van der Waals surface area contributed by atoms with Gasteiger partial charge in [-0.15, -0.1) is 0 Å². The maximum atomic E-state index is 13.6. The topological polar surface area (TPSA) is 98.7 Å². The summed E-state index contributed by atoms with van der Waals surface area (Å²) in [7, 11) is -1.79. The number of carbonyl (C=O) groups excluding carboxylic acids is 1. The summed E-state index contributed by atoms with van der Waals surface area (Å²) in [4.78, 5) is 12.5. The molecule has 1 aliphatic rings. The van der Waals surface area contributed by atoms with E-state index in [0.717, 1.165) is 11.1 Å². The number of hydrogen-bond acceptors (Lipinski definition) is 4. The van der Waals surface area contributed by atoms with Gasteiger partial charge in [0.05, 0.1) is 23.1 Å². The van der Waals surface area contributed by atoms with E-state index >= 15 is 0 Å². The minimum Gasteiger partial charge on any atom is -0.392 e. The van der Waals surface area contributed by atoms with Gasteiger partial charge in [-0.05, 0) is 29.7 Å². The predicted molar refractivity (Wildman–Crippen MR) is 108 cm³/mol. The Hall–Kier alpha value is -2.13. The monoisotopic (exact) mass is 420 g/mol. The molecule has 0 aromatic heterocycles. The standard InChI is InChI=1S/C21H25FN2O4S/c1-13(10-15(25)12-23-29(28)19-9-5-4-8-17(19)22)21(27)24-20-16-7-3-2-6-14(16)11-18(20)26/h2-9,13,15,18,20,23,25-26H,10-12H2,1H3,(H,24,27). The van der Waals surface area contributed by atoms with Gasteiger partial charge in [-0.1, -0.05) is 43.3 Å². The van der Waals surface area contributed by atoms with Gasteiger partial charge in [-0.25, -0.2) is 13.3 Å².